The number of hydrogen-bond donors (Lipinski definition) is 0. The number of fused-ring (bicyclic) bond motifs is 1. The van der Waals surface area contributed by atoms with E-state index in [1.165, 1.54) is 13.0 Å². The van der Waals surface area contributed by atoms with Gasteiger partial charge >= 0.3 is 0 Å². The molecule has 0 amide bonds. The van der Waals surface area contributed by atoms with Crippen LogP contribution in [0.25, 0.3) is 16.8 Å². The van der Waals surface area contributed by atoms with Crippen LogP contribution >= 0.6 is 0 Å². The maximum Gasteiger partial charge on any atom is 0.155 e. The summed E-state index contributed by atoms with van der Waals surface area (Å²) in [6.45, 7) is 8.16. The number of hydrogen-bond acceptors (Lipinski definition) is 4. The van der Waals surface area contributed by atoms with Crippen molar-refractivity contribution in [1.82, 2.24) is 24.5 Å². The molecule has 26 heavy (non-hydrogen) atoms. The molecule has 1 atom stereocenters. The molecule has 136 valence electrons. The van der Waals surface area contributed by atoms with Gasteiger partial charge in [-0.3, -0.25) is 4.98 Å². The second-order valence-corrected chi connectivity index (χ2v) is 7.51. The summed E-state index contributed by atoms with van der Waals surface area (Å²) >= 11 is 0. The van der Waals surface area contributed by atoms with Gasteiger partial charge in [0.25, 0.3) is 0 Å². The van der Waals surface area contributed by atoms with Gasteiger partial charge in [0, 0.05) is 36.6 Å². The van der Waals surface area contributed by atoms with E-state index in [4.69, 9.17) is 10.1 Å². The molecule has 0 aromatic carbocycles. The summed E-state index contributed by atoms with van der Waals surface area (Å²) in [6.07, 6.45) is 9.28. The van der Waals surface area contributed by atoms with Crippen LogP contribution in [0.4, 0.5) is 0 Å². The first kappa shape index (κ1) is 17.2. The maximum absolute atomic E-state index is 4.80. The van der Waals surface area contributed by atoms with Gasteiger partial charge in [0.1, 0.15) is 0 Å². The third-order valence-corrected chi connectivity index (χ3v) is 5.58. The lowest BCUT2D eigenvalue weighted by Gasteiger charge is -2.32. The molecule has 1 aliphatic heterocycles. The Morgan fingerprint density at radius 2 is 1.85 bits per heavy atom. The van der Waals surface area contributed by atoms with Gasteiger partial charge in [0.05, 0.1) is 0 Å². The number of piperidine rings is 1. The molecular weight excluding hydrogens is 322 g/mol. The highest BCUT2D eigenvalue weighted by Crippen LogP contribution is 2.27. The van der Waals surface area contributed by atoms with Crippen molar-refractivity contribution in [2.75, 3.05) is 19.6 Å². The summed E-state index contributed by atoms with van der Waals surface area (Å²) in [5.41, 5.74) is 3.22. The van der Waals surface area contributed by atoms with Gasteiger partial charge in [-0.05, 0) is 61.7 Å². The van der Waals surface area contributed by atoms with Crippen LogP contribution in [-0.2, 0) is 0 Å². The molecule has 3 aromatic rings. The third kappa shape index (κ3) is 3.63. The van der Waals surface area contributed by atoms with Crippen molar-refractivity contribution in [3.8, 4) is 11.1 Å². The van der Waals surface area contributed by atoms with E-state index in [9.17, 15) is 0 Å². The van der Waals surface area contributed by atoms with E-state index in [2.05, 4.69) is 42.1 Å². The van der Waals surface area contributed by atoms with Crippen molar-refractivity contribution in [2.45, 2.75) is 39.0 Å². The molecule has 0 aliphatic carbocycles. The standard InChI is InChI=1S/C21H27N5/c1-3-16(2)14-25-12-8-18(9-13-25)21-23-20-5-4-19(15-26(20)24-21)17-6-10-22-11-7-17/h4-7,10-11,15-16,18H,3,8-9,12-14H2,1-2H3. The van der Waals surface area contributed by atoms with E-state index in [0.29, 0.717) is 5.92 Å². The van der Waals surface area contributed by atoms with Crippen LogP contribution in [0, 0.1) is 5.92 Å². The molecule has 1 fully saturated rings. The summed E-state index contributed by atoms with van der Waals surface area (Å²) in [6, 6.07) is 8.21. The molecule has 0 saturated carbocycles. The highest BCUT2D eigenvalue weighted by molar-refractivity contribution is 5.63. The monoisotopic (exact) mass is 349 g/mol. The van der Waals surface area contributed by atoms with Crippen molar-refractivity contribution in [3.63, 3.8) is 0 Å². The van der Waals surface area contributed by atoms with Gasteiger partial charge in [-0.25, -0.2) is 9.50 Å². The molecule has 1 aliphatic rings. The predicted octanol–water partition coefficient (Wildman–Crippen LogP) is 4.02. The van der Waals surface area contributed by atoms with E-state index in [-0.39, 0.29) is 0 Å². The average molecular weight is 349 g/mol. The molecule has 1 saturated heterocycles. The second-order valence-electron chi connectivity index (χ2n) is 7.51. The number of pyridine rings is 2. The summed E-state index contributed by atoms with van der Waals surface area (Å²) in [5.74, 6) is 2.26. The first-order valence-electron chi connectivity index (χ1n) is 9.72. The fourth-order valence-electron chi connectivity index (χ4n) is 3.73. The lowest BCUT2D eigenvalue weighted by molar-refractivity contribution is 0.183. The summed E-state index contributed by atoms with van der Waals surface area (Å²) in [4.78, 5) is 11.5. The summed E-state index contributed by atoms with van der Waals surface area (Å²) in [7, 11) is 0. The van der Waals surface area contributed by atoms with Crippen LogP contribution in [-0.4, -0.2) is 44.1 Å². The van der Waals surface area contributed by atoms with Gasteiger partial charge in [0.2, 0.25) is 0 Å². The Morgan fingerprint density at radius 1 is 1.08 bits per heavy atom. The lowest BCUT2D eigenvalue weighted by atomic mass is 9.95. The SMILES string of the molecule is CCC(C)CN1CCC(c2nc3ccc(-c4ccncc4)cn3n2)CC1. The largest absolute Gasteiger partial charge is 0.303 e. The normalized spacial score (nSPS) is 17.6. The van der Waals surface area contributed by atoms with Crippen LogP contribution in [0.1, 0.15) is 44.9 Å². The smallest absolute Gasteiger partial charge is 0.155 e. The van der Waals surface area contributed by atoms with E-state index in [0.717, 1.165) is 54.4 Å². The van der Waals surface area contributed by atoms with Crippen molar-refractivity contribution in [2.24, 2.45) is 5.92 Å². The van der Waals surface area contributed by atoms with E-state index < -0.39 is 0 Å². The van der Waals surface area contributed by atoms with Crippen LogP contribution < -0.4 is 0 Å². The van der Waals surface area contributed by atoms with Gasteiger partial charge in [-0.1, -0.05) is 20.3 Å². The number of likely N-dealkylation sites (tertiary alicyclic amines) is 1. The van der Waals surface area contributed by atoms with Crippen LogP contribution in [0.15, 0.2) is 42.9 Å². The molecule has 0 N–H and O–H groups in total. The van der Waals surface area contributed by atoms with Crippen molar-refractivity contribution >= 4 is 5.65 Å². The van der Waals surface area contributed by atoms with Crippen molar-refractivity contribution in [1.29, 1.82) is 0 Å². The summed E-state index contributed by atoms with van der Waals surface area (Å²) in [5, 5.41) is 4.80. The Labute approximate surface area is 155 Å². The predicted molar refractivity (Wildman–Crippen MR) is 104 cm³/mol. The fraction of sp³-hybridized carbons (Fsp3) is 0.476. The Hall–Kier alpha value is -2.27. The molecule has 0 radical (unpaired) electrons. The summed E-state index contributed by atoms with van der Waals surface area (Å²) < 4.78 is 1.93. The van der Waals surface area contributed by atoms with Crippen LogP contribution in [0.3, 0.4) is 0 Å². The zero-order chi connectivity index (χ0) is 17.9. The molecular formula is C21H27N5. The average Bonchev–Trinajstić information content (AvgIpc) is 3.12. The number of nitrogens with zero attached hydrogens (tertiary/aromatic N) is 5. The zero-order valence-corrected chi connectivity index (χ0v) is 15.7. The Balaban J connectivity index is 1.48. The Morgan fingerprint density at radius 3 is 2.58 bits per heavy atom. The molecule has 3 aromatic heterocycles. The highest BCUT2D eigenvalue weighted by atomic mass is 15.3. The minimum Gasteiger partial charge on any atom is -0.303 e. The first-order valence-corrected chi connectivity index (χ1v) is 9.72. The van der Waals surface area contributed by atoms with E-state index >= 15 is 0 Å². The second kappa shape index (κ2) is 7.54. The minimum absolute atomic E-state index is 0.479. The molecule has 4 rings (SSSR count). The molecule has 1 unspecified atom stereocenters. The van der Waals surface area contributed by atoms with Gasteiger partial charge in [0.15, 0.2) is 11.5 Å². The van der Waals surface area contributed by atoms with Gasteiger partial charge in [-0.2, -0.15) is 5.10 Å². The number of aromatic nitrogens is 4. The fourth-order valence-corrected chi connectivity index (χ4v) is 3.73. The van der Waals surface area contributed by atoms with Crippen molar-refractivity contribution < 1.29 is 0 Å². The molecule has 5 nitrogen and oxygen atoms in total. The Bertz CT molecular complexity index is 849. The first-order chi connectivity index (χ1) is 12.7. The van der Waals surface area contributed by atoms with Gasteiger partial charge < -0.3 is 4.90 Å². The molecule has 0 bridgehead atoms. The van der Waals surface area contributed by atoms with Crippen LogP contribution in [0.2, 0.25) is 0 Å². The van der Waals surface area contributed by atoms with E-state index in [1.807, 2.05) is 29.0 Å². The highest BCUT2D eigenvalue weighted by Gasteiger charge is 2.24. The van der Waals surface area contributed by atoms with Crippen molar-refractivity contribution in [3.05, 3.63) is 48.7 Å². The lowest BCUT2D eigenvalue weighted by Crippen LogP contribution is -2.36. The molecule has 0 spiro atoms. The van der Waals surface area contributed by atoms with Crippen LogP contribution in [0.5, 0.6) is 0 Å². The number of rotatable bonds is 5. The molecule has 4 heterocycles. The third-order valence-electron chi connectivity index (χ3n) is 5.58. The minimum atomic E-state index is 0.479. The van der Waals surface area contributed by atoms with Gasteiger partial charge in [-0.15, -0.1) is 0 Å². The van der Waals surface area contributed by atoms with E-state index in [1.54, 1.807) is 0 Å². The maximum atomic E-state index is 4.80. The molecule has 5 heteroatoms. The Kier molecular flexibility index (Phi) is 4.98. The quantitative estimate of drug-likeness (QED) is 0.698. The zero-order valence-electron chi connectivity index (χ0n) is 15.7. The topological polar surface area (TPSA) is 46.3 Å².